The normalized spacial score (nSPS) is 20.6. The number of hydrogen-bond acceptors (Lipinski definition) is 2. The van der Waals surface area contributed by atoms with Gasteiger partial charge in [0.05, 0.1) is 5.56 Å². The average Bonchev–Trinajstić information content (AvgIpc) is 2.72. The second kappa shape index (κ2) is 3.93. The summed E-state index contributed by atoms with van der Waals surface area (Å²) in [5.74, 6) is 1.56. The van der Waals surface area contributed by atoms with Crippen molar-refractivity contribution in [1.82, 2.24) is 0 Å². The van der Waals surface area contributed by atoms with E-state index in [1.807, 2.05) is 6.07 Å². The summed E-state index contributed by atoms with van der Waals surface area (Å²) in [4.78, 5) is 11.6. The fraction of sp³-hybridized carbons (Fsp3) is 0.500. The Morgan fingerprint density at radius 3 is 2.75 bits per heavy atom. The quantitative estimate of drug-likeness (QED) is 0.720. The maximum absolute atomic E-state index is 11.6. The van der Waals surface area contributed by atoms with Gasteiger partial charge in [0.15, 0.2) is 6.61 Å². The molecule has 16 heavy (non-hydrogen) atoms. The summed E-state index contributed by atoms with van der Waals surface area (Å²) in [6.45, 7) is 0.226. The molecular formula is C14H16O2. The molecule has 0 spiro atoms. The molecule has 1 aliphatic heterocycles. The minimum Gasteiger partial charge on any atom is -0.485 e. The van der Waals surface area contributed by atoms with Gasteiger partial charge in [0.25, 0.3) is 0 Å². The number of carbonyl (C=O) groups excluding carboxylic acids is 1. The fourth-order valence-corrected chi connectivity index (χ4v) is 2.80. The van der Waals surface area contributed by atoms with E-state index in [1.165, 1.54) is 37.7 Å². The third-order valence-electron chi connectivity index (χ3n) is 3.74. The highest BCUT2D eigenvalue weighted by Crippen LogP contribution is 2.35. The van der Waals surface area contributed by atoms with Gasteiger partial charge in [-0.2, -0.15) is 0 Å². The van der Waals surface area contributed by atoms with Crippen LogP contribution in [0.25, 0.3) is 0 Å². The van der Waals surface area contributed by atoms with Crippen LogP contribution in [0, 0.1) is 0 Å². The zero-order valence-electron chi connectivity index (χ0n) is 9.37. The van der Waals surface area contributed by atoms with E-state index in [0.717, 1.165) is 11.3 Å². The summed E-state index contributed by atoms with van der Waals surface area (Å²) in [6, 6.07) is 6.15. The van der Waals surface area contributed by atoms with Gasteiger partial charge in [-0.25, -0.2) is 0 Å². The van der Waals surface area contributed by atoms with E-state index in [0.29, 0.717) is 5.92 Å². The topological polar surface area (TPSA) is 26.3 Å². The number of ether oxygens (including phenoxy) is 1. The monoisotopic (exact) mass is 216 g/mol. The Bertz CT molecular complexity index is 417. The van der Waals surface area contributed by atoms with Crippen molar-refractivity contribution < 1.29 is 9.53 Å². The Hall–Kier alpha value is -1.31. The van der Waals surface area contributed by atoms with Crippen molar-refractivity contribution in [3.8, 4) is 5.75 Å². The number of Topliss-reactive ketones (excluding diaryl/α,β-unsaturated/α-hetero) is 1. The number of rotatable bonds is 1. The molecule has 0 radical (unpaired) electrons. The molecule has 1 aromatic carbocycles. The van der Waals surface area contributed by atoms with E-state index >= 15 is 0 Å². The van der Waals surface area contributed by atoms with Gasteiger partial charge in [-0.05, 0) is 36.5 Å². The lowest BCUT2D eigenvalue weighted by Gasteiger charge is -2.22. The SMILES string of the molecule is O=C1COc2ccc(C3CCCCC3)cc21. The van der Waals surface area contributed by atoms with E-state index in [1.54, 1.807) is 0 Å². The van der Waals surface area contributed by atoms with E-state index in [-0.39, 0.29) is 12.4 Å². The Kier molecular flexibility index (Phi) is 2.43. The highest BCUT2D eigenvalue weighted by Gasteiger charge is 2.23. The second-order valence-electron chi connectivity index (χ2n) is 4.80. The summed E-state index contributed by atoms with van der Waals surface area (Å²) in [6.07, 6.45) is 6.56. The third kappa shape index (κ3) is 1.62. The summed E-state index contributed by atoms with van der Waals surface area (Å²) >= 11 is 0. The molecule has 0 aromatic heterocycles. The number of carbonyl (C=O) groups is 1. The minimum atomic E-state index is 0.132. The van der Waals surface area contributed by atoms with Crippen LogP contribution in [0.15, 0.2) is 18.2 Å². The van der Waals surface area contributed by atoms with E-state index in [9.17, 15) is 4.79 Å². The van der Waals surface area contributed by atoms with Crippen molar-refractivity contribution in [2.24, 2.45) is 0 Å². The number of ketones is 1. The van der Waals surface area contributed by atoms with Crippen LogP contribution in [-0.4, -0.2) is 12.4 Å². The van der Waals surface area contributed by atoms with Gasteiger partial charge in [-0.15, -0.1) is 0 Å². The lowest BCUT2D eigenvalue weighted by Crippen LogP contribution is -2.05. The first-order valence-corrected chi connectivity index (χ1v) is 6.14. The van der Waals surface area contributed by atoms with E-state index < -0.39 is 0 Å². The first kappa shape index (κ1) is 9.88. The van der Waals surface area contributed by atoms with Gasteiger partial charge in [0, 0.05) is 0 Å². The Morgan fingerprint density at radius 2 is 1.94 bits per heavy atom. The molecule has 0 unspecified atom stereocenters. The molecule has 1 saturated carbocycles. The molecule has 0 N–H and O–H groups in total. The highest BCUT2D eigenvalue weighted by atomic mass is 16.5. The molecule has 0 bridgehead atoms. The average molecular weight is 216 g/mol. The molecule has 1 aromatic rings. The maximum atomic E-state index is 11.6. The van der Waals surface area contributed by atoms with Crippen LogP contribution >= 0.6 is 0 Å². The van der Waals surface area contributed by atoms with Crippen molar-refractivity contribution in [2.45, 2.75) is 38.0 Å². The van der Waals surface area contributed by atoms with Crippen LogP contribution in [0.3, 0.4) is 0 Å². The molecule has 1 aliphatic carbocycles. The lowest BCUT2D eigenvalue weighted by atomic mass is 9.83. The van der Waals surface area contributed by atoms with Gasteiger partial charge in [0.1, 0.15) is 5.75 Å². The van der Waals surface area contributed by atoms with Crippen LogP contribution < -0.4 is 4.74 Å². The van der Waals surface area contributed by atoms with E-state index in [2.05, 4.69) is 12.1 Å². The van der Waals surface area contributed by atoms with E-state index in [4.69, 9.17) is 4.74 Å². The molecule has 2 aliphatic rings. The van der Waals surface area contributed by atoms with Gasteiger partial charge >= 0.3 is 0 Å². The van der Waals surface area contributed by atoms with Crippen molar-refractivity contribution in [2.75, 3.05) is 6.61 Å². The fourth-order valence-electron chi connectivity index (χ4n) is 2.80. The largest absolute Gasteiger partial charge is 0.485 e. The molecule has 0 saturated heterocycles. The third-order valence-corrected chi connectivity index (χ3v) is 3.74. The number of hydrogen-bond donors (Lipinski definition) is 0. The van der Waals surface area contributed by atoms with Crippen LogP contribution in [0.5, 0.6) is 5.75 Å². The van der Waals surface area contributed by atoms with Crippen molar-refractivity contribution in [3.05, 3.63) is 29.3 Å². The van der Waals surface area contributed by atoms with Crippen molar-refractivity contribution >= 4 is 5.78 Å². The smallest absolute Gasteiger partial charge is 0.203 e. The number of fused-ring (bicyclic) bond motifs is 1. The molecule has 3 rings (SSSR count). The molecule has 1 fully saturated rings. The summed E-state index contributed by atoms with van der Waals surface area (Å²) in [5.41, 5.74) is 2.13. The van der Waals surface area contributed by atoms with Gasteiger partial charge in [-0.1, -0.05) is 25.3 Å². The second-order valence-corrected chi connectivity index (χ2v) is 4.80. The first-order valence-electron chi connectivity index (χ1n) is 6.14. The molecule has 84 valence electrons. The Morgan fingerprint density at radius 1 is 1.12 bits per heavy atom. The predicted octanol–water partition coefficient (Wildman–Crippen LogP) is 3.31. The number of benzene rings is 1. The molecule has 0 amide bonds. The standard InChI is InChI=1S/C14H16O2/c15-13-9-16-14-7-6-11(8-12(13)14)10-4-2-1-3-5-10/h6-8,10H,1-5,9H2. The predicted molar refractivity (Wildman–Crippen MR) is 62.1 cm³/mol. The molecule has 0 atom stereocenters. The first-order chi connectivity index (χ1) is 7.84. The lowest BCUT2D eigenvalue weighted by molar-refractivity contribution is 0.0961. The van der Waals surface area contributed by atoms with Crippen molar-refractivity contribution in [1.29, 1.82) is 0 Å². The van der Waals surface area contributed by atoms with Gasteiger partial charge in [-0.3, -0.25) is 4.79 Å². The van der Waals surface area contributed by atoms with Crippen LogP contribution in [0.4, 0.5) is 0 Å². The summed E-state index contributed by atoms with van der Waals surface area (Å²) in [7, 11) is 0. The van der Waals surface area contributed by atoms with Gasteiger partial charge in [0.2, 0.25) is 5.78 Å². The Labute approximate surface area is 95.6 Å². The van der Waals surface area contributed by atoms with Crippen LogP contribution in [0.1, 0.15) is 53.9 Å². The van der Waals surface area contributed by atoms with Crippen LogP contribution in [0.2, 0.25) is 0 Å². The summed E-state index contributed by atoms with van der Waals surface area (Å²) in [5, 5.41) is 0. The van der Waals surface area contributed by atoms with Crippen molar-refractivity contribution in [3.63, 3.8) is 0 Å². The Balaban J connectivity index is 1.91. The summed E-state index contributed by atoms with van der Waals surface area (Å²) < 4.78 is 5.30. The molecular weight excluding hydrogens is 200 g/mol. The molecule has 2 heteroatoms. The van der Waals surface area contributed by atoms with Gasteiger partial charge < -0.3 is 4.74 Å². The molecule has 2 nitrogen and oxygen atoms in total. The minimum absolute atomic E-state index is 0.132. The molecule has 1 heterocycles. The van der Waals surface area contributed by atoms with Crippen LogP contribution in [-0.2, 0) is 0 Å². The highest BCUT2D eigenvalue weighted by molar-refractivity contribution is 6.02. The zero-order valence-corrected chi connectivity index (χ0v) is 9.37. The maximum Gasteiger partial charge on any atom is 0.203 e. The zero-order chi connectivity index (χ0) is 11.0.